The number of aromatic nitrogens is 2. The summed E-state index contributed by atoms with van der Waals surface area (Å²) in [5.41, 5.74) is 0.697. The van der Waals surface area contributed by atoms with Crippen LogP contribution in [0.4, 0.5) is 8.78 Å². The van der Waals surface area contributed by atoms with E-state index in [1.54, 1.807) is 15.9 Å². The van der Waals surface area contributed by atoms with Gasteiger partial charge in [-0.15, -0.1) is 11.3 Å². The summed E-state index contributed by atoms with van der Waals surface area (Å²) in [5, 5.41) is 0. The summed E-state index contributed by atoms with van der Waals surface area (Å²) in [4.78, 5) is 5.16. The third kappa shape index (κ3) is 1.99. The minimum Gasteiger partial charge on any atom is -0.330 e. The van der Waals surface area contributed by atoms with Crippen LogP contribution in [0.25, 0.3) is 11.0 Å². The highest BCUT2D eigenvalue weighted by Gasteiger charge is 2.19. The van der Waals surface area contributed by atoms with Crippen molar-refractivity contribution in [2.24, 2.45) is 0 Å². The second-order valence-corrected chi connectivity index (χ2v) is 6.39. The number of hydrogen-bond donors (Lipinski definition) is 1. The molecule has 1 atom stereocenters. The maximum absolute atomic E-state index is 14.1. The molecule has 3 rings (SSSR count). The first-order valence-electron chi connectivity index (χ1n) is 6.13. The predicted molar refractivity (Wildman–Crippen MR) is 79.9 cm³/mol. The molecule has 2 aromatic heterocycles. The molecular weight excluding hydrogens is 298 g/mol. The van der Waals surface area contributed by atoms with Gasteiger partial charge in [0.25, 0.3) is 0 Å². The Balaban J connectivity index is 2.28. The highest BCUT2D eigenvalue weighted by atomic mass is 32.1. The van der Waals surface area contributed by atoms with Crippen molar-refractivity contribution in [1.29, 1.82) is 0 Å². The summed E-state index contributed by atoms with van der Waals surface area (Å²) in [6.07, 6.45) is 0. The van der Waals surface area contributed by atoms with E-state index in [1.807, 2.05) is 26.0 Å². The van der Waals surface area contributed by atoms with Gasteiger partial charge in [0, 0.05) is 9.75 Å². The number of halogens is 2. The highest BCUT2D eigenvalue weighted by Crippen LogP contribution is 2.30. The number of imidazole rings is 1. The van der Waals surface area contributed by atoms with Gasteiger partial charge >= 0.3 is 0 Å². The molecule has 2 heterocycles. The van der Waals surface area contributed by atoms with Crippen molar-refractivity contribution in [3.63, 3.8) is 0 Å². The smallest absolute Gasteiger partial charge is 0.184 e. The number of rotatable bonds is 2. The maximum Gasteiger partial charge on any atom is 0.184 e. The van der Waals surface area contributed by atoms with E-state index in [2.05, 4.69) is 4.98 Å². The zero-order valence-electron chi connectivity index (χ0n) is 10.9. The molecule has 0 bridgehead atoms. The zero-order chi connectivity index (χ0) is 14.4. The molecule has 0 radical (unpaired) electrons. The molecule has 0 saturated heterocycles. The van der Waals surface area contributed by atoms with E-state index in [-0.39, 0.29) is 11.6 Å². The third-order valence-corrected chi connectivity index (χ3v) is 4.80. The number of thiophene rings is 1. The highest BCUT2D eigenvalue weighted by molar-refractivity contribution is 7.71. The lowest BCUT2D eigenvalue weighted by molar-refractivity contribution is 0.509. The molecular formula is C14H12F2N2S2. The van der Waals surface area contributed by atoms with Gasteiger partial charge in [0.15, 0.2) is 16.4 Å². The number of H-pyrrole nitrogens is 1. The van der Waals surface area contributed by atoms with E-state index in [1.165, 1.54) is 10.9 Å². The fourth-order valence-electron chi connectivity index (χ4n) is 2.33. The number of hydrogen-bond acceptors (Lipinski definition) is 2. The van der Waals surface area contributed by atoms with Crippen molar-refractivity contribution >= 4 is 34.6 Å². The Morgan fingerprint density at radius 3 is 2.65 bits per heavy atom. The summed E-state index contributed by atoms with van der Waals surface area (Å²) in [5.74, 6) is -1.73. The normalized spacial score (nSPS) is 13.0. The molecule has 1 N–H and O–H groups in total. The molecule has 0 fully saturated rings. The largest absolute Gasteiger partial charge is 0.330 e. The molecule has 104 valence electrons. The van der Waals surface area contributed by atoms with Crippen LogP contribution in [0.5, 0.6) is 0 Å². The number of benzene rings is 1. The lowest BCUT2D eigenvalue weighted by atomic mass is 10.2. The van der Waals surface area contributed by atoms with Crippen LogP contribution < -0.4 is 0 Å². The van der Waals surface area contributed by atoms with Gasteiger partial charge in [0.1, 0.15) is 5.52 Å². The monoisotopic (exact) mass is 310 g/mol. The maximum atomic E-state index is 14.1. The molecule has 0 aliphatic heterocycles. The molecule has 1 unspecified atom stereocenters. The van der Waals surface area contributed by atoms with Gasteiger partial charge < -0.3 is 9.55 Å². The van der Waals surface area contributed by atoms with E-state index in [0.29, 0.717) is 10.3 Å². The van der Waals surface area contributed by atoms with Crippen LogP contribution in [-0.2, 0) is 0 Å². The standard InChI is InChI=1S/C14H12F2N2S2/c1-7-3-6-11(20-7)8(2)18-13-10(17-14(18)19)5-4-9(15)12(13)16/h3-6,8H,1-2H3,(H,17,19). The molecule has 20 heavy (non-hydrogen) atoms. The number of aromatic amines is 1. The average molecular weight is 310 g/mol. The Morgan fingerprint density at radius 2 is 2.00 bits per heavy atom. The second-order valence-electron chi connectivity index (χ2n) is 4.68. The fraction of sp³-hybridized carbons (Fsp3) is 0.214. The van der Waals surface area contributed by atoms with E-state index in [9.17, 15) is 8.78 Å². The van der Waals surface area contributed by atoms with Crippen LogP contribution in [0.3, 0.4) is 0 Å². The SMILES string of the molecule is Cc1ccc(C(C)n2c(=S)[nH]c3ccc(F)c(F)c32)s1. The molecule has 2 nitrogen and oxygen atoms in total. The minimum absolute atomic E-state index is 0.147. The van der Waals surface area contributed by atoms with Gasteiger partial charge in [-0.3, -0.25) is 0 Å². The van der Waals surface area contributed by atoms with Crippen LogP contribution in [0.2, 0.25) is 0 Å². The van der Waals surface area contributed by atoms with Gasteiger partial charge in [0.05, 0.1) is 11.6 Å². The van der Waals surface area contributed by atoms with E-state index >= 15 is 0 Å². The number of aryl methyl sites for hydroxylation is 1. The fourth-order valence-corrected chi connectivity index (χ4v) is 3.61. The van der Waals surface area contributed by atoms with Crippen molar-refractivity contribution < 1.29 is 8.78 Å². The van der Waals surface area contributed by atoms with Crippen LogP contribution in [0.15, 0.2) is 24.3 Å². The second kappa shape index (κ2) is 4.79. The zero-order valence-corrected chi connectivity index (χ0v) is 12.5. The van der Waals surface area contributed by atoms with E-state index in [4.69, 9.17) is 12.2 Å². The predicted octanol–water partition coefficient (Wildman–Crippen LogP) is 4.96. The first kappa shape index (κ1) is 13.5. The first-order valence-corrected chi connectivity index (χ1v) is 7.36. The van der Waals surface area contributed by atoms with Crippen molar-refractivity contribution in [3.05, 3.63) is 50.4 Å². The quantitative estimate of drug-likeness (QED) is 0.664. The summed E-state index contributed by atoms with van der Waals surface area (Å²) >= 11 is 6.89. The van der Waals surface area contributed by atoms with Gasteiger partial charge in [-0.2, -0.15) is 0 Å². The summed E-state index contributed by atoms with van der Waals surface area (Å²) < 4.78 is 29.6. The molecule has 3 aromatic rings. The van der Waals surface area contributed by atoms with Crippen molar-refractivity contribution in [3.8, 4) is 0 Å². The number of nitrogens with zero attached hydrogens (tertiary/aromatic N) is 1. The Labute approximate surface area is 123 Å². The number of nitrogens with one attached hydrogen (secondary N) is 1. The molecule has 0 saturated carbocycles. The minimum atomic E-state index is -0.866. The van der Waals surface area contributed by atoms with Gasteiger partial charge in [-0.25, -0.2) is 8.78 Å². The van der Waals surface area contributed by atoms with Crippen molar-refractivity contribution in [2.75, 3.05) is 0 Å². The average Bonchev–Trinajstić information content (AvgIpc) is 2.97. The van der Waals surface area contributed by atoms with Crippen LogP contribution in [0, 0.1) is 23.3 Å². The Bertz CT molecular complexity index is 845. The number of fused-ring (bicyclic) bond motifs is 1. The molecule has 0 aliphatic rings. The summed E-state index contributed by atoms with van der Waals surface area (Å²) in [6.45, 7) is 3.94. The molecule has 0 aliphatic carbocycles. The van der Waals surface area contributed by atoms with E-state index < -0.39 is 11.6 Å². The van der Waals surface area contributed by atoms with E-state index in [0.717, 1.165) is 10.9 Å². The summed E-state index contributed by atoms with van der Waals surface area (Å²) in [6, 6.07) is 6.46. The van der Waals surface area contributed by atoms with Gasteiger partial charge in [-0.05, 0) is 50.3 Å². The molecule has 0 spiro atoms. The lowest BCUT2D eigenvalue weighted by Crippen LogP contribution is -2.06. The lowest BCUT2D eigenvalue weighted by Gasteiger charge is -2.13. The van der Waals surface area contributed by atoms with Crippen LogP contribution in [0.1, 0.15) is 22.7 Å². The first-order chi connectivity index (χ1) is 9.49. The van der Waals surface area contributed by atoms with Crippen LogP contribution >= 0.6 is 23.6 Å². The van der Waals surface area contributed by atoms with Crippen LogP contribution in [-0.4, -0.2) is 9.55 Å². The third-order valence-electron chi connectivity index (χ3n) is 3.33. The topological polar surface area (TPSA) is 20.7 Å². The Hall–Kier alpha value is -1.53. The molecule has 1 aromatic carbocycles. The van der Waals surface area contributed by atoms with Gasteiger partial charge in [-0.1, -0.05) is 0 Å². The molecule has 6 heteroatoms. The summed E-state index contributed by atoms with van der Waals surface area (Å²) in [7, 11) is 0. The molecule has 0 amide bonds. The Kier molecular flexibility index (Phi) is 3.22. The Morgan fingerprint density at radius 1 is 1.25 bits per heavy atom. The van der Waals surface area contributed by atoms with Crippen molar-refractivity contribution in [2.45, 2.75) is 19.9 Å². The van der Waals surface area contributed by atoms with Gasteiger partial charge in [0.2, 0.25) is 0 Å². The van der Waals surface area contributed by atoms with Crippen molar-refractivity contribution in [1.82, 2.24) is 9.55 Å².